The minimum Gasteiger partial charge on any atom is -0.498 e. The molecule has 1 aliphatic rings. The molecule has 0 spiro atoms. The van der Waals surface area contributed by atoms with Gasteiger partial charge in [-0.1, -0.05) is 30.3 Å². The van der Waals surface area contributed by atoms with Gasteiger partial charge in [0.25, 0.3) is 6.09 Å². The summed E-state index contributed by atoms with van der Waals surface area (Å²) in [6, 6.07) is 9.37. The summed E-state index contributed by atoms with van der Waals surface area (Å²) < 4.78 is 4.57. The van der Waals surface area contributed by atoms with Gasteiger partial charge in [0.2, 0.25) is 0 Å². The summed E-state index contributed by atoms with van der Waals surface area (Å²) in [6.07, 6.45) is 0.205. The minimum absolute atomic E-state index is 0.0869. The number of nitrogens with zero attached hydrogens (tertiary/aromatic N) is 1. The van der Waals surface area contributed by atoms with E-state index in [9.17, 15) is 14.7 Å². The number of benzene rings is 1. The number of likely N-dealkylation sites (tertiary alicyclic amines) is 1. The van der Waals surface area contributed by atoms with Crippen molar-refractivity contribution >= 4 is 12.1 Å². The first-order valence-corrected chi connectivity index (χ1v) is 7.19. The molecular formula is C16H21NO4. The van der Waals surface area contributed by atoms with Gasteiger partial charge in [0.1, 0.15) is 12.5 Å². The summed E-state index contributed by atoms with van der Waals surface area (Å²) in [4.78, 5) is 23.6. The molecule has 114 valence electrons. The highest BCUT2D eigenvalue weighted by Gasteiger charge is 2.45. The van der Waals surface area contributed by atoms with E-state index < -0.39 is 6.09 Å². The van der Waals surface area contributed by atoms with Gasteiger partial charge in [-0.25, -0.2) is 0 Å². The Morgan fingerprint density at radius 3 is 2.52 bits per heavy atom. The van der Waals surface area contributed by atoms with E-state index in [1.165, 1.54) is 7.11 Å². The Hall–Kier alpha value is -1.88. The summed E-state index contributed by atoms with van der Waals surface area (Å²) in [6.45, 7) is 2.47. The third-order valence-electron chi connectivity index (χ3n) is 4.53. The zero-order valence-electron chi connectivity index (χ0n) is 12.5. The van der Waals surface area contributed by atoms with E-state index in [0.717, 1.165) is 5.56 Å². The monoisotopic (exact) mass is 291 g/mol. The number of piperidine rings is 1. The number of carbonyl (C=O) groups excluding carboxylic acids is 2. The van der Waals surface area contributed by atoms with Gasteiger partial charge in [-0.05, 0) is 13.3 Å². The van der Waals surface area contributed by atoms with Crippen molar-refractivity contribution in [3.8, 4) is 0 Å². The largest absolute Gasteiger partial charge is 0.498 e. The van der Waals surface area contributed by atoms with E-state index in [1.807, 2.05) is 37.3 Å². The number of rotatable bonds is 3. The summed E-state index contributed by atoms with van der Waals surface area (Å²) in [5.74, 6) is -0.716. The van der Waals surface area contributed by atoms with Crippen LogP contribution in [-0.2, 0) is 16.1 Å². The number of quaternary nitrogens is 1. The standard InChI is InChI=1S/C16H21NO4/c1-12-8-9-14(15(18)21-2)11-17(12,16(19)20)10-13-6-4-3-5-7-13/h3-7,12,14H,8-11H2,1-2H3/t12-,14+,17?/m0/s1. The first kappa shape index (κ1) is 15.5. The Morgan fingerprint density at radius 2 is 1.95 bits per heavy atom. The maximum atomic E-state index is 11.9. The lowest BCUT2D eigenvalue weighted by Gasteiger charge is -2.47. The first-order chi connectivity index (χ1) is 9.99. The van der Waals surface area contributed by atoms with Crippen molar-refractivity contribution in [2.75, 3.05) is 13.7 Å². The van der Waals surface area contributed by atoms with Crippen LogP contribution in [0, 0.1) is 5.92 Å². The van der Waals surface area contributed by atoms with Crippen LogP contribution in [0.5, 0.6) is 0 Å². The highest BCUT2D eigenvalue weighted by molar-refractivity contribution is 5.72. The second kappa shape index (κ2) is 6.26. The number of hydrogen-bond acceptors (Lipinski definition) is 4. The molecule has 1 unspecified atom stereocenters. The molecule has 2 rings (SSSR count). The van der Waals surface area contributed by atoms with Crippen LogP contribution in [0.25, 0.3) is 0 Å². The second-order valence-corrected chi connectivity index (χ2v) is 5.77. The third-order valence-corrected chi connectivity index (χ3v) is 4.53. The smallest absolute Gasteiger partial charge is 0.314 e. The predicted octanol–water partition coefficient (Wildman–Crippen LogP) is 1.32. The van der Waals surface area contributed by atoms with Crippen molar-refractivity contribution in [1.29, 1.82) is 0 Å². The van der Waals surface area contributed by atoms with Crippen molar-refractivity contribution in [2.45, 2.75) is 32.4 Å². The molecule has 0 N–H and O–H groups in total. The Morgan fingerprint density at radius 1 is 1.29 bits per heavy atom. The zero-order valence-corrected chi connectivity index (χ0v) is 12.5. The van der Waals surface area contributed by atoms with Crippen LogP contribution in [0.1, 0.15) is 25.3 Å². The molecule has 5 nitrogen and oxygen atoms in total. The van der Waals surface area contributed by atoms with Gasteiger partial charge in [0.05, 0.1) is 19.7 Å². The van der Waals surface area contributed by atoms with Crippen LogP contribution in [0.4, 0.5) is 4.79 Å². The van der Waals surface area contributed by atoms with Crippen LogP contribution in [0.2, 0.25) is 0 Å². The molecule has 1 fully saturated rings. The fraction of sp³-hybridized carbons (Fsp3) is 0.500. The Labute approximate surface area is 124 Å². The molecule has 1 aliphatic heterocycles. The van der Waals surface area contributed by atoms with Gasteiger partial charge in [0, 0.05) is 12.0 Å². The number of esters is 1. The number of hydrogen-bond donors (Lipinski definition) is 0. The van der Waals surface area contributed by atoms with Crippen LogP contribution in [0.3, 0.4) is 0 Å². The fourth-order valence-corrected chi connectivity index (χ4v) is 3.16. The van der Waals surface area contributed by atoms with Crippen LogP contribution >= 0.6 is 0 Å². The van der Waals surface area contributed by atoms with Gasteiger partial charge in [-0.2, -0.15) is 0 Å². The molecule has 0 radical (unpaired) electrons. The Kier molecular flexibility index (Phi) is 4.63. The van der Waals surface area contributed by atoms with Crippen molar-refractivity contribution in [3.63, 3.8) is 0 Å². The SMILES string of the molecule is COC(=O)[C@@H]1CC[C@H](C)[N+](Cc2ccccc2)(C(=O)[O-])C1. The summed E-state index contributed by atoms with van der Waals surface area (Å²) in [7, 11) is 1.34. The molecule has 1 saturated heterocycles. The van der Waals surface area contributed by atoms with E-state index >= 15 is 0 Å². The van der Waals surface area contributed by atoms with Gasteiger partial charge in [-0.15, -0.1) is 0 Å². The van der Waals surface area contributed by atoms with Gasteiger partial charge in [0.15, 0.2) is 0 Å². The molecule has 1 amide bonds. The van der Waals surface area contributed by atoms with Crippen LogP contribution in [-0.4, -0.2) is 36.2 Å². The van der Waals surface area contributed by atoms with Gasteiger partial charge >= 0.3 is 5.97 Å². The Balaban J connectivity index is 2.30. The van der Waals surface area contributed by atoms with Crippen molar-refractivity contribution < 1.29 is 23.9 Å². The zero-order chi connectivity index (χ0) is 15.5. The molecular weight excluding hydrogens is 270 g/mol. The van der Waals surface area contributed by atoms with Gasteiger partial charge in [-0.3, -0.25) is 9.28 Å². The second-order valence-electron chi connectivity index (χ2n) is 5.77. The molecule has 3 atom stereocenters. The van der Waals surface area contributed by atoms with Crippen molar-refractivity contribution in [1.82, 2.24) is 0 Å². The highest BCUT2D eigenvalue weighted by Crippen LogP contribution is 2.32. The van der Waals surface area contributed by atoms with E-state index in [-0.39, 0.29) is 29.0 Å². The minimum atomic E-state index is -1.13. The van der Waals surface area contributed by atoms with E-state index in [0.29, 0.717) is 19.4 Å². The number of amides is 1. The number of methoxy groups -OCH3 is 1. The molecule has 0 aliphatic carbocycles. The first-order valence-electron chi connectivity index (χ1n) is 7.19. The molecule has 1 heterocycles. The van der Waals surface area contributed by atoms with E-state index in [2.05, 4.69) is 0 Å². The molecule has 1 aromatic carbocycles. The van der Waals surface area contributed by atoms with Crippen LogP contribution < -0.4 is 5.11 Å². The van der Waals surface area contributed by atoms with Gasteiger partial charge < -0.3 is 14.6 Å². The van der Waals surface area contributed by atoms with Crippen molar-refractivity contribution in [2.24, 2.45) is 5.92 Å². The average Bonchev–Trinajstić information content (AvgIpc) is 2.49. The van der Waals surface area contributed by atoms with Crippen LogP contribution in [0.15, 0.2) is 30.3 Å². The number of ether oxygens (including phenoxy) is 1. The maximum absolute atomic E-state index is 11.9. The summed E-state index contributed by atoms with van der Waals surface area (Å²) in [5, 5.41) is 11.9. The molecule has 5 heteroatoms. The summed E-state index contributed by atoms with van der Waals surface area (Å²) in [5.41, 5.74) is 0.930. The summed E-state index contributed by atoms with van der Waals surface area (Å²) >= 11 is 0. The molecule has 0 aromatic heterocycles. The molecule has 21 heavy (non-hydrogen) atoms. The quantitative estimate of drug-likeness (QED) is 0.622. The Bertz CT molecular complexity index is 516. The number of carbonyl (C=O) groups is 2. The van der Waals surface area contributed by atoms with E-state index in [1.54, 1.807) is 0 Å². The van der Waals surface area contributed by atoms with Crippen molar-refractivity contribution in [3.05, 3.63) is 35.9 Å². The normalized spacial score (nSPS) is 28.9. The lowest BCUT2D eigenvalue weighted by Crippen LogP contribution is -2.66. The topological polar surface area (TPSA) is 66.4 Å². The fourth-order valence-electron chi connectivity index (χ4n) is 3.16. The average molecular weight is 291 g/mol. The highest BCUT2D eigenvalue weighted by atomic mass is 16.5. The molecule has 0 saturated carbocycles. The lowest BCUT2D eigenvalue weighted by atomic mass is 9.90. The predicted molar refractivity (Wildman–Crippen MR) is 74.9 cm³/mol. The number of carboxylic acid groups (broad SMARTS) is 1. The third kappa shape index (κ3) is 3.08. The molecule has 0 bridgehead atoms. The molecule has 1 aromatic rings. The van der Waals surface area contributed by atoms with E-state index in [4.69, 9.17) is 4.74 Å². The maximum Gasteiger partial charge on any atom is 0.314 e. The lowest BCUT2D eigenvalue weighted by molar-refractivity contribution is -0.917.